The number of fused-ring (bicyclic) bond motifs is 2. The topological polar surface area (TPSA) is 42.2 Å². The van der Waals surface area contributed by atoms with Crippen LogP contribution in [-0.2, 0) is 0 Å². The Morgan fingerprint density at radius 1 is 0.972 bits per heavy atom. The number of amides is 1. The van der Waals surface area contributed by atoms with E-state index >= 15 is 0 Å². The maximum absolute atomic E-state index is 13.3. The van der Waals surface area contributed by atoms with Gasteiger partial charge >= 0.3 is 0 Å². The fourth-order valence-electron chi connectivity index (χ4n) is 5.33. The van der Waals surface area contributed by atoms with Gasteiger partial charge in [0.05, 0.1) is 0 Å². The third kappa shape index (κ3) is 4.79. The highest BCUT2D eigenvalue weighted by molar-refractivity contribution is 6.12. The Bertz CT molecular complexity index is 1540. The van der Waals surface area contributed by atoms with Crippen LogP contribution in [0.15, 0.2) is 100 Å². The van der Waals surface area contributed by atoms with Gasteiger partial charge in [0.15, 0.2) is 5.76 Å². The van der Waals surface area contributed by atoms with Crippen LogP contribution in [0.2, 0.25) is 0 Å². The van der Waals surface area contributed by atoms with Crippen molar-refractivity contribution in [1.82, 2.24) is 0 Å². The molecular formula is C33H33NO2. The Morgan fingerprint density at radius 3 is 2.47 bits per heavy atom. The van der Waals surface area contributed by atoms with Crippen LogP contribution < -0.4 is 5.32 Å². The van der Waals surface area contributed by atoms with E-state index in [1.165, 1.54) is 30.4 Å². The second kappa shape index (κ2) is 9.66. The number of rotatable bonds is 5. The van der Waals surface area contributed by atoms with E-state index in [4.69, 9.17) is 4.42 Å². The first-order valence-corrected chi connectivity index (χ1v) is 12.7. The molecule has 0 radical (unpaired) electrons. The molecule has 1 amide bonds. The van der Waals surface area contributed by atoms with Crippen LogP contribution in [0.5, 0.6) is 0 Å². The van der Waals surface area contributed by atoms with Crippen LogP contribution in [0.25, 0.3) is 27.6 Å². The van der Waals surface area contributed by atoms with Crippen molar-refractivity contribution in [1.29, 1.82) is 0 Å². The second-order valence-corrected chi connectivity index (χ2v) is 10.5. The molecule has 0 spiro atoms. The van der Waals surface area contributed by atoms with Gasteiger partial charge in [-0.05, 0) is 78.7 Å². The first kappa shape index (κ1) is 23.9. The fraction of sp³-hybridized carbons (Fsp3) is 0.242. The predicted octanol–water partition coefficient (Wildman–Crippen LogP) is 9.32. The van der Waals surface area contributed by atoms with Crippen molar-refractivity contribution < 1.29 is 9.21 Å². The van der Waals surface area contributed by atoms with Crippen LogP contribution in [0.4, 0.5) is 5.69 Å². The maximum atomic E-state index is 13.3. The van der Waals surface area contributed by atoms with Crippen molar-refractivity contribution in [2.24, 2.45) is 5.41 Å². The molecule has 0 atom stereocenters. The van der Waals surface area contributed by atoms with Crippen molar-refractivity contribution >= 4 is 39.2 Å². The van der Waals surface area contributed by atoms with Gasteiger partial charge in [-0.25, -0.2) is 0 Å². The summed E-state index contributed by atoms with van der Waals surface area (Å²) >= 11 is 0. The van der Waals surface area contributed by atoms with Gasteiger partial charge in [0.1, 0.15) is 5.76 Å². The average Bonchev–Trinajstić information content (AvgIpc) is 3.22. The average molecular weight is 476 g/mol. The number of hydrogen-bond acceptors (Lipinski definition) is 2. The van der Waals surface area contributed by atoms with Gasteiger partial charge in [0, 0.05) is 16.5 Å². The summed E-state index contributed by atoms with van der Waals surface area (Å²) in [6.07, 6.45) is 10.1. The monoisotopic (exact) mass is 475 g/mol. The Hall–Kier alpha value is -3.85. The summed E-state index contributed by atoms with van der Waals surface area (Å²) in [5.41, 5.74) is 4.93. The zero-order chi connectivity index (χ0) is 25.3. The van der Waals surface area contributed by atoms with E-state index in [1.54, 1.807) is 0 Å². The summed E-state index contributed by atoms with van der Waals surface area (Å²) < 4.78 is 6.18. The maximum Gasteiger partial charge on any atom is 0.292 e. The van der Waals surface area contributed by atoms with E-state index in [1.807, 2.05) is 66.7 Å². The highest BCUT2D eigenvalue weighted by atomic mass is 16.4. The van der Waals surface area contributed by atoms with Crippen molar-refractivity contribution in [2.75, 3.05) is 5.32 Å². The molecule has 0 saturated heterocycles. The molecular weight excluding hydrogens is 442 g/mol. The lowest BCUT2D eigenvalue weighted by Gasteiger charge is -2.32. The molecule has 5 rings (SSSR count). The van der Waals surface area contributed by atoms with Crippen LogP contribution in [0.3, 0.4) is 0 Å². The third-order valence-corrected chi connectivity index (χ3v) is 7.28. The lowest BCUT2D eigenvalue weighted by atomic mass is 9.72. The smallest absolute Gasteiger partial charge is 0.292 e. The lowest BCUT2D eigenvalue weighted by Crippen LogP contribution is -2.19. The Morgan fingerprint density at radius 2 is 1.69 bits per heavy atom. The van der Waals surface area contributed by atoms with Crippen LogP contribution in [0.1, 0.15) is 63.3 Å². The molecule has 0 aliphatic heterocycles. The van der Waals surface area contributed by atoms with Gasteiger partial charge in [-0.3, -0.25) is 4.79 Å². The number of carbonyl (C=O) groups is 1. The number of nitrogens with one attached hydrogen (secondary N) is 1. The van der Waals surface area contributed by atoms with Crippen molar-refractivity contribution in [3.05, 3.63) is 107 Å². The van der Waals surface area contributed by atoms with Gasteiger partial charge < -0.3 is 9.73 Å². The Labute approximate surface area is 213 Å². The second-order valence-electron chi connectivity index (χ2n) is 10.5. The summed E-state index contributed by atoms with van der Waals surface area (Å²) in [5, 5.41) is 6.98. The highest BCUT2D eigenvalue weighted by Crippen LogP contribution is 2.41. The molecule has 4 aromatic rings. The Kier molecular flexibility index (Phi) is 6.40. The van der Waals surface area contributed by atoms with Gasteiger partial charge in [-0.15, -0.1) is 0 Å². The number of hydrogen-bond donors (Lipinski definition) is 1. The minimum Gasteiger partial charge on any atom is -0.450 e. The van der Waals surface area contributed by atoms with Crippen molar-refractivity contribution in [3.8, 4) is 0 Å². The molecule has 0 saturated carbocycles. The minimum absolute atomic E-state index is 0.199. The van der Waals surface area contributed by atoms with E-state index in [0.717, 1.165) is 32.8 Å². The first-order chi connectivity index (χ1) is 17.3. The summed E-state index contributed by atoms with van der Waals surface area (Å²) in [7, 11) is 0. The molecule has 36 heavy (non-hydrogen) atoms. The van der Waals surface area contributed by atoms with E-state index < -0.39 is 0 Å². The molecule has 0 bridgehead atoms. The summed E-state index contributed by atoms with van der Waals surface area (Å²) in [4.78, 5) is 13.3. The lowest BCUT2D eigenvalue weighted by molar-refractivity contribution is 0.0998. The third-order valence-electron chi connectivity index (χ3n) is 7.28. The normalized spacial score (nSPS) is 16.3. The molecule has 3 nitrogen and oxygen atoms in total. The van der Waals surface area contributed by atoms with Gasteiger partial charge in [-0.1, -0.05) is 86.2 Å². The van der Waals surface area contributed by atoms with E-state index in [-0.39, 0.29) is 11.3 Å². The zero-order valence-corrected chi connectivity index (χ0v) is 21.5. The van der Waals surface area contributed by atoms with E-state index in [0.29, 0.717) is 11.5 Å². The molecule has 0 unspecified atom stereocenters. The summed E-state index contributed by atoms with van der Waals surface area (Å²) in [6.45, 7) is 8.98. The first-order valence-electron chi connectivity index (χ1n) is 12.7. The molecule has 1 aliphatic rings. The van der Waals surface area contributed by atoms with Crippen molar-refractivity contribution in [3.63, 3.8) is 0 Å². The summed E-state index contributed by atoms with van der Waals surface area (Å²) in [6, 6.07) is 21.9. The van der Waals surface area contributed by atoms with Gasteiger partial charge in [-0.2, -0.15) is 0 Å². The molecule has 182 valence electrons. The predicted molar refractivity (Wildman–Crippen MR) is 151 cm³/mol. The highest BCUT2D eigenvalue weighted by Gasteiger charge is 2.26. The number of anilines is 1. The number of furan rings is 1. The van der Waals surface area contributed by atoms with Crippen LogP contribution in [0, 0.1) is 5.41 Å². The minimum atomic E-state index is -0.251. The standard InChI is InChI=1S/C33H33NO2/c1-22(15-18-29-23(2)10-9-19-33(29,3)4)20-30-27-13-7-8-14-28(27)31(36-30)32(35)34-26-17-16-24-11-5-6-12-25(24)21-26/h5-8,11-18,20-21H,9-10,19H2,1-4H3,(H,34,35). The van der Waals surface area contributed by atoms with Crippen LogP contribution in [-0.4, -0.2) is 5.91 Å². The molecule has 3 heteroatoms. The molecule has 1 aliphatic carbocycles. The molecule has 3 aromatic carbocycles. The fourth-order valence-corrected chi connectivity index (χ4v) is 5.33. The molecule has 1 N–H and O–H groups in total. The van der Waals surface area contributed by atoms with Crippen molar-refractivity contribution in [2.45, 2.75) is 47.0 Å². The quantitative estimate of drug-likeness (QED) is 0.292. The number of allylic oxidation sites excluding steroid dienone is 5. The Balaban J connectivity index is 1.44. The van der Waals surface area contributed by atoms with E-state index in [2.05, 4.69) is 51.2 Å². The molecule has 0 fully saturated rings. The summed E-state index contributed by atoms with van der Waals surface area (Å²) in [5.74, 6) is 0.776. The van der Waals surface area contributed by atoms with Gasteiger partial charge in [0.25, 0.3) is 5.91 Å². The number of benzene rings is 3. The molecule has 1 heterocycles. The molecule has 1 aromatic heterocycles. The number of carbonyl (C=O) groups excluding carboxylic acids is 1. The van der Waals surface area contributed by atoms with Crippen LogP contribution >= 0.6 is 0 Å². The zero-order valence-electron chi connectivity index (χ0n) is 21.5. The van der Waals surface area contributed by atoms with E-state index in [9.17, 15) is 4.79 Å². The SMILES string of the molecule is CC(C=CC1=C(C)CCCC1(C)C)=Cc1oc(C(=O)Nc2ccc3ccccc3c2)c2ccccc12. The largest absolute Gasteiger partial charge is 0.450 e. The van der Waals surface area contributed by atoms with Gasteiger partial charge in [0.2, 0.25) is 0 Å².